The summed E-state index contributed by atoms with van der Waals surface area (Å²) in [5.74, 6) is -2.80. The second kappa shape index (κ2) is 8.65. The molecule has 0 bridgehead atoms. The highest BCUT2D eigenvalue weighted by Gasteiger charge is 2.84. The standard InChI is InChI=1S/C27H38O9/c1-12-10-27-24(35-17(6)30)13(2)11-26(27,36-27)23(31)14(3)21(34-16(5)29)18-19(25(18,7)8)22(32-9)20(12)33-15(4)28/h10,13-14,18-22,24H,11H2,1-9H3/b12-10+/t13-,14-,18-,19+,20+,21-,22?,24-,26-,27-/m0/s1. The van der Waals surface area contributed by atoms with Crippen molar-refractivity contribution in [3.05, 3.63) is 11.6 Å². The zero-order valence-corrected chi connectivity index (χ0v) is 22.6. The number of Topliss-reactive ketones (excluding diaryl/α,β-unsaturated/α-hetero) is 1. The summed E-state index contributed by atoms with van der Waals surface area (Å²) in [7, 11) is 1.56. The summed E-state index contributed by atoms with van der Waals surface area (Å²) >= 11 is 0. The Hall–Kier alpha value is -2.26. The van der Waals surface area contributed by atoms with Crippen LogP contribution in [0.5, 0.6) is 0 Å². The Balaban J connectivity index is 1.91. The lowest BCUT2D eigenvalue weighted by Crippen LogP contribution is -2.43. The van der Waals surface area contributed by atoms with Gasteiger partial charge in [0.1, 0.15) is 24.4 Å². The number of rotatable bonds is 4. The smallest absolute Gasteiger partial charge is 0.303 e. The van der Waals surface area contributed by atoms with Gasteiger partial charge in [0.15, 0.2) is 17.0 Å². The highest BCUT2D eigenvalue weighted by molar-refractivity contribution is 5.96. The molecule has 0 spiro atoms. The van der Waals surface area contributed by atoms with Crippen molar-refractivity contribution < 1.29 is 42.9 Å². The van der Waals surface area contributed by atoms with E-state index in [9.17, 15) is 19.2 Å². The number of esters is 3. The molecule has 0 radical (unpaired) electrons. The molecular formula is C27H38O9. The van der Waals surface area contributed by atoms with Crippen LogP contribution < -0.4 is 0 Å². The Bertz CT molecular complexity index is 1010. The minimum atomic E-state index is -1.23. The van der Waals surface area contributed by atoms with Crippen LogP contribution in [0.4, 0.5) is 0 Å². The third-order valence-corrected chi connectivity index (χ3v) is 8.84. The molecule has 4 aliphatic rings. The van der Waals surface area contributed by atoms with Crippen LogP contribution in [0, 0.1) is 29.1 Å². The van der Waals surface area contributed by atoms with Crippen LogP contribution in [0.15, 0.2) is 11.6 Å². The molecule has 0 amide bonds. The van der Waals surface area contributed by atoms with Crippen molar-refractivity contribution in [2.75, 3.05) is 7.11 Å². The van der Waals surface area contributed by atoms with Crippen LogP contribution in [0.3, 0.4) is 0 Å². The van der Waals surface area contributed by atoms with E-state index in [-0.39, 0.29) is 29.0 Å². The molecular weight excluding hydrogens is 468 g/mol. The SMILES string of the molecule is COC1[C@H](OC(C)=O)/C(C)=C/[C@@]23O[C@@]2(C[C@H](C)[C@@H]3OC(C)=O)C(=O)[C@@H](C)[C@H](OC(C)=O)[C@@H]2[C@H]1C2(C)C. The van der Waals surface area contributed by atoms with Crippen LogP contribution in [-0.2, 0) is 42.9 Å². The fourth-order valence-electron chi connectivity index (χ4n) is 7.33. The number of carbonyl (C=O) groups is 4. The first kappa shape index (κ1) is 26.8. The van der Waals surface area contributed by atoms with E-state index in [1.807, 2.05) is 27.7 Å². The first-order valence-electron chi connectivity index (χ1n) is 12.6. The lowest BCUT2D eigenvalue weighted by atomic mass is 9.80. The van der Waals surface area contributed by atoms with E-state index >= 15 is 0 Å². The summed E-state index contributed by atoms with van der Waals surface area (Å²) in [6.07, 6.45) is -0.589. The monoisotopic (exact) mass is 506 g/mol. The molecule has 9 heteroatoms. The molecule has 0 aromatic rings. The van der Waals surface area contributed by atoms with Gasteiger partial charge in [-0.25, -0.2) is 0 Å². The summed E-state index contributed by atoms with van der Waals surface area (Å²) in [5.41, 5.74) is -2.13. The van der Waals surface area contributed by atoms with Gasteiger partial charge >= 0.3 is 17.9 Å². The number of hydrogen-bond acceptors (Lipinski definition) is 9. The van der Waals surface area contributed by atoms with E-state index in [4.69, 9.17) is 23.7 Å². The zero-order valence-electron chi connectivity index (χ0n) is 22.6. The summed E-state index contributed by atoms with van der Waals surface area (Å²) < 4.78 is 29.6. The summed E-state index contributed by atoms with van der Waals surface area (Å²) in [5, 5.41) is 0. The lowest BCUT2D eigenvalue weighted by Gasteiger charge is -2.30. The third kappa shape index (κ3) is 3.81. The fourth-order valence-corrected chi connectivity index (χ4v) is 7.33. The molecule has 1 heterocycles. The highest BCUT2D eigenvalue weighted by atomic mass is 16.7. The van der Waals surface area contributed by atoms with E-state index in [1.54, 1.807) is 20.1 Å². The van der Waals surface area contributed by atoms with Crippen LogP contribution in [0.1, 0.15) is 61.8 Å². The van der Waals surface area contributed by atoms with Gasteiger partial charge in [-0.1, -0.05) is 27.7 Å². The van der Waals surface area contributed by atoms with Crippen molar-refractivity contribution >= 4 is 23.7 Å². The van der Waals surface area contributed by atoms with Crippen molar-refractivity contribution in [2.45, 2.75) is 97.4 Å². The Labute approximate surface area is 212 Å². The fraction of sp³-hybridized carbons (Fsp3) is 0.778. The maximum Gasteiger partial charge on any atom is 0.303 e. The Morgan fingerprint density at radius 3 is 2.03 bits per heavy atom. The summed E-state index contributed by atoms with van der Waals surface area (Å²) in [6, 6.07) is 0. The summed E-state index contributed by atoms with van der Waals surface area (Å²) in [4.78, 5) is 50.5. The van der Waals surface area contributed by atoms with Crippen LogP contribution in [-0.4, -0.2) is 66.4 Å². The third-order valence-electron chi connectivity index (χ3n) is 8.84. The van der Waals surface area contributed by atoms with E-state index < -0.39 is 59.4 Å². The molecule has 0 aromatic carbocycles. The van der Waals surface area contributed by atoms with E-state index in [0.29, 0.717) is 12.0 Å². The van der Waals surface area contributed by atoms with Crippen molar-refractivity contribution in [1.29, 1.82) is 0 Å². The number of ketones is 1. The number of fused-ring (bicyclic) bond motifs is 1. The first-order valence-corrected chi connectivity index (χ1v) is 12.6. The van der Waals surface area contributed by atoms with Gasteiger partial charge in [0.25, 0.3) is 0 Å². The topological polar surface area (TPSA) is 118 Å². The van der Waals surface area contributed by atoms with E-state index in [2.05, 4.69) is 0 Å². The predicted octanol–water partition coefficient (Wildman–Crippen LogP) is 2.78. The number of hydrogen-bond donors (Lipinski definition) is 0. The highest BCUT2D eigenvalue weighted by Crippen LogP contribution is 2.68. The van der Waals surface area contributed by atoms with Crippen LogP contribution in [0.25, 0.3) is 0 Å². The normalized spacial score (nSPS) is 46.0. The molecule has 0 N–H and O–H groups in total. The van der Waals surface area contributed by atoms with Crippen molar-refractivity contribution in [2.24, 2.45) is 29.1 Å². The molecule has 9 nitrogen and oxygen atoms in total. The molecule has 10 atom stereocenters. The molecule has 36 heavy (non-hydrogen) atoms. The molecule has 4 rings (SSSR count). The average Bonchev–Trinajstić information content (AvgIpc) is 3.54. The number of carbonyl (C=O) groups excluding carboxylic acids is 4. The van der Waals surface area contributed by atoms with Gasteiger partial charge in [-0.05, 0) is 36.3 Å². The largest absolute Gasteiger partial charge is 0.461 e. The van der Waals surface area contributed by atoms with Gasteiger partial charge in [-0.2, -0.15) is 0 Å². The molecule has 1 aliphatic heterocycles. The molecule has 200 valence electrons. The van der Waals surface area contributed by atoms with Gasteiger partial charge in [0.2, 0.25) is 0 Å². The van der Waals surface area contributed by atoms with Crippen molar-refractivity contribution in [3.63, 3.8) is 0 Å². The lowest BCUT2D eigenvalue weighted by molar-refractivity contribution is -0.155. The van der Waals surface area contributed by atoms with Gasteiger partial charge in [-0.3, -0.25) is 19.2 Å². The number of epoxide rings is 1. The molecule has 1 saturated heterocycles. The Morgan fingerprint density at radius 2 is 1.50 bits per heavy atom. The van der Waals surface area contributed by atoms with E-state index in [1.165, 1.54) is 20.8 Å². The van der Waals surface area contributed by atoms with Gasteiger partial charge in [0.05, 0.1) is 5.92 Å². The molecule has 2 saturated carbocycles. The molecule has 0 aromatic heterocycles. The molecule has 3 aliphatic carbocycles. The zero-order chi connectivity index (χ0) is 27.0. The van der Waals surface area contributed by atoms with Gasteiger partial charge in [-0.15, -0.1) is 0 Å². The Morgan fingerprint density at radius 1 is 0.944 bits per heavy atom. The average molecular weight is 507 g/mol. The van der Waals surface area contributed by atoms with Crippen LogP contribution >= 0.6 is 0 Å². The molecule has 1 unspecified atom stereocenters. The second-order valence-electron chi connectivity index (χ2n) is 11.7. The molecule has 3 fully saturated rings. The number of methoxy groups -OCH3 is 1. The minimum absolute atomic E-state index is 0.150. The Kier molecular flexibility index (Phi) is 6.44. The van der Waals surface area contributed by atoms with Gasteiger partial charge < -0.3 is 23.7 Å². The quantitative estimate of drug-likeness (QED) is 0.245. The van der Waals surface area contributed by atoms with Crippen molar-refractivity contribution in [1.82, 2.24) is 0 Å². The maximum absolute atomic E-state index is 14.2. The first-order chi connectivity index (χ1) is 16.6. The predicted molar refractivity (Wildman–Crippen MR) is 126 cm³/mol. The maximum atomic E-state index is 14.2. The van der Waals surface area contributed by atoms with Gasteiger partial charge in [0, 0.05) is 39.7 Å². The van der Waals surface area contributed by atoms with Crippen molar-refractivity contribution in [3.8, 4) is 0 Å². The van der Waals surface area contributed by atoms with E-state index in [0.717, 1.165) is 0 Å². The minimum Gasteiger partial charge on any atom is -0.461 e. The second-order valence-corrected chi connectivity index (χ2v) is 11.7. The number of ether oxygens (including phenoxy) is 5. The van der Waals surface area contributed by atoms with Crippen LogP contribution in [0.2, 0.25) is 0 Å². The summed E-state index contributed by atoms with van der Waals surface area (Å²) in [6.45, 7) is 13.6.